The summed E-state index contributed by atoms with van der Waals surface area (Å²) in [5, 5.41) is 11.5. The molecule has 1 aromatic carbocycles. The van der Waals surface area contributed by atoms with E-state index in [9.17, 15) is 9.59 Å². The number of carbonyl (C=O) groups excluding carboxylic acids is 1. The number of nitrogens with zero attached hydrogens (tertiary/aromatic N) is 1. The fourth-order valence-electron chi connectivity index (χ4n) is 1.65. The maximum Gasteiger partial charge on any atom is 0.323 e. The molecule has 5 nitrogen and oxygen atoms in total. The quantitative estimate of drug-likeness (QED) is 0.813. The Hall–Kier alpha value is -1.83. The summed E-state index contributed by atoms with van der Waals surface area (Å²) in [4.78, 5) is 22.8. The minimum Gasteiger partial charge on any atom is -0.480 e. The van der Waals surface area contributed by atoms with Crippen LogP contribution in [0.4, 0.5) is 5.69 Å². The van der Waals surface area contributed by atoms with Crippen LogP contribution in [0.5, 0.6) is 0 Å². The van der Waals surface area contributed by atoms with Crippen molar-refractivity contribution < 1.29 is 14.7 Å². The number of carboxylic acids is 1. The Balaban J connectivity index is 2.19. The van der Waals surface area contributed by atoms with E-state index >= 15 is 0 Å². The number of halogens is 1. The average Bonchev–Trinajstić information content (AvgIpc) is 2.79. The van der Waals surface area contributed by atoms with Gasteiger partial charge in [0.25, 0.3) is 5.91 Å². The van der Waals surface area contributed by atoms with Gasteiger partial charge in [-0.05, 0) is 46.9 Å². The Morgan fingerprint density at radius 1 is 1.21 bits per heavy atom. The predicted molar refractivity (Wildman–Crippen MR) is 79.2 cm³/mol. The number of para-hydroxylation sites is 1. The zero-order valence-corrected chi connectivity index (χ0v) is 12.0. The molecule has 0 spiro atoms. The molecule has 98 valence electrons. The first kappa shape index (κ1) is 13.6. The summed E-state index contributed by atoms with van der Waals surface area (Å²) >= 11 is 2.12. The molecule has 0 radical (unpaired) electrons. The van der Waals surface area contributed by atoms with E-state index in [0.29, 0.717) is 11.4 Å². The Morgan fingerprint density at radius 2 is 1.95 bits per heavy atom. The van der Waals surface area contributed by atoms with Gasteiger partial charge in [0.2, 0.25) is 0 Å². The number of aromatic nitrogens is 1. The number of hydrogen-bond donors (Lipinski definition) is 2. The molecule has 2 aromatic rings. The van der Waals surface area contributed by atoms with Crippen LogP contribution in [-0.4, -0.2) is 21.6 Å². The number of carbonyl (C=O) groups is 2. The second kappa shape index (κ2) is 5.87. The van der Waals surface area contributed by atoms with Crippen LogP contribution in [0.15, 0.2) is 42.6 Å². The van der Waals surface area contributed by atoms with Gasteiger partial charge in [0.15, 0.2) is 0 Å². The molecule has 0 saturated carbocycles. The average molecular weight is 370 g/mol. The van der Waals surface area contributed by atoms with Gasteiger partial charge in [-0.25, -0.2) is 0 Å². The van der Waals surface area contributed by atoms with Gasteiger partial charge in [-0.15, -0.1) is 0 Å². The number of benzene rings is 1. The molecular formula is C13H11IN2O3. The highest BCUT2D eigenvalue weighted by Crippen LogP contribution is 2.18. The van der Waals surface area contributed by atoms with Crippen molar-refractivity contribution in [1.82, 2.24) is 4.57 Å². The van der Waals surface area contributed by atoms with Crippen LogP contribution in [-0.2, 0) is 11.3 Å². The largest absolute Gasteiger partial charge is 0.480 e. The van der Waals surface area contributed by atoms with E-state index < -0.39 is 5.97 Å². The summed E-state index contributed by atoms with van der Waals surface area (Å²) in [6.45, 7) is -0.234. The molecule has 2 rings (SSSR count). The second-order valence-electron chi connectivity index (χ2n) is 3.85. The Morgan fingerprint density at radius 3 is 2.63 bits per heavy atom. The number of nitrogens with one attached hydrogen (secondary N) is 1. The lowest BCUT2D eigenvalue weighted by Gasteiger charge is -2.09. The minimum absolute atomic E-state index is 0.234. The maximum absolute atomic E-state index is 12.1. The number of aliphatic carboxylic acids is 1. The van der Waals surface area contributed by atoms with E-state index in [0.717, 1.165) is 3.57 Å². The lowest BCUT2D eigenvalue weighted by atomic mass is 10.3. The molecule has 1 aromatic heterocycles. The molecule has 0 aliphatic heterocycles. The first-order valence-corrected chi connectivity index (χ1v) is 6.58. The minimum atomic E-state index is -0.987. The molecule has 0 aliphatic rings. The standard InChI is InChI=1S/C13H11IN2O3/c14-9-4-1-2-5-10(9)15-13(19)11-6-3-7-16(11)8-12(17)18/h1-7H,8H2,(H,15,19)(H,17,18). The van der Waals surface area contributed by atoms with Gasteiger partial charge >= 0.3 is 5.97 Å². The molecule has 6 heteroatoms. The first-order valence-electron chi connectivity index (χ1n) is 5.51. The zero-order valence-electron chi connectivity index (χ0n) is 9.84. The molecule has 1 heterocycles. The lowest BCUT2D eigenvalue weighted by molar-refractivity contribution is -0.137. The van der Waals surface area contributed by atoms with Crippen LogP contribution in [0.2, 0.25) is 0 Å². The van der Waals surface area contributed by atoms with Crippen molar-refractivity contribution in [1.29, 1.82) is 0 Å². The van der Waals surface area contributed by atoms with Gasteiger partial charge in [0.05, 0.1) is 5.69 Å². The summed E-state index contributed by atoms with van der Waals surface area (Å²) in [6, 6.07) is 10.6. The van der Waals surface area contributed by atoms with Crippen LogP contribution in [0.3, 0.4) is 0 Å². The van der Waals surface area contributed by atoms with Crippen LogP contribution in [0.25, 0.3) is 0 Å². The summed E-state index contributed by atoms with van der Waals surface area (Å²) in [7, 11) is 0. The van der Waals surface area contributed by atoms with Crippen molar-refractivity contribution in [2.24, 2.45) is 0 Å². The Kier molecular flexibility index (Phi) is 4.20. The molecule has 2 N–H and O–H groups in total. The predicted octanol–water partition coefficient (Wildman–Crippen LogP) is 2.43. The number of carboxylic acid groups (broad SMARTS) is 1. The molecule has 0 saturated heterocycles. The molecule has 0 atom stereocenters. The van der Waals surface area contributed by atoms with Crippen LogP contribution in [0.1, 0.15) is 10.5 Å². The second-order valence-corrected chi connectivity index (χ2v) is 5.01. The van der Waals surface area contributed by atoms with Gasteiger partial charge in [0, 0.05) is 9.77 Å². The third-order valence-electron chi connectivity index (χ3n) is 2.49. The summed E-state index contributed by atoms with van der Waals surface area (Å²) in [5.41, 5.74) is 1.03. The lowest BCUT2D eigenvalue weighted by Crippen LogP contribution is -2.19. The van der Waals surface area contributed by atoms with Gasteiger partial charge < -0.3 is 15.0 Å². The van der Waals surface area contributed by atoms with E-state index in [1.54, 1.807) is 24.4 Å². The van der Waals surface area contributed by atoms with E-state index in [4.69, 9.17) is 5.11 Å². The Labute approximate surface area is 123 Å². The van der Waals surface area contributed by atoms with E-state index in [-0.39, 0.29) is 12.5 Å². The Bertz CT molecular complexity index is 622. The maximum atomic E-state index is 12.1. The summed E-state index contributed by atoms with van der Waals surface area (Å²) < 4.78 is 2.32. The van der Waals surface area contributed by atoms with E-state index in [2.05, 4.69) is 27.9 Å². The fourth-order valence-corrected chi connectivity index (χ4v) is 2.17. The highest BCUT2D eigenvalue weighted by Gasteiger charge is 2.13. The molecule has 19 heavy (non-hydrogen) atoms. The van der Waals surface area contributed by atoms with Crippen molar-refractivity contribution >= 4 is 40.2 Å². The van der Waals surface area contributed by atoms with E-state index in [1.165, 1.54) is 4.57 Å². The SMILES string of the molecule is O=C(O)Cn1cccc1C(=O)Nc1ccccc1I. The topological polar surface area (TPSA) is 71.3 Å². The third kappa shape index (κ3) is 3.34. The molecule has 0 fully saturated rings. The number of rotatable bonds is 4. The van der Waals surface area contributed by atoms with Crippen molar-refractivity contribution in [3.8, 4) is 0 Å². The van der Waals surface area contributed by atoms with Gasteiger partial charge in [-0.2, -0.15) is 0 Å². The zero-order chi connectivity index (χ0) is 13.8. The van der Waals surface area contributed by atoms with Crippen LogP contribution < -0.4 is 5.32 Å². The fraction of sp³-hybridized carbons (Fsp3) is 0.0769. The highest BCUT2D eigenvalue weighted by atomic mass is 127. The third-order valence-corrected chi connectivity index (χ3v) is 3.43. The van der Waals surface area contributed by atoms with Crippen molar-refractivity contribution in [2.75, 3.05) is 5.32 Å². The van der Waals surface area contributed by atoms with Gasteiger partial charge in [0.1, 0.15) is 12.2 Å². The molecule has 0 bridgehead atoms. The highest BCUT2D eigenvalue weighted by molar-refractivity contribution is 14.1. The van der Waals surface area contributed by atoms with Crippen molar-refractivity contribution in [2.45, 2.75) is 6.54 Å². The first-order chi connectivity index (χ1) is 9.08. The smallest absolute Gasteiger partial charge is 0.323 e. The molecule has 0 unspecified atom stereocenters. The van der Waals surface area contributed by atoms with Gasteiger partial charge in [-0.3, -0.25) is 9.59 Å². The van der Waals surface area contributed by atoms with Crippen LogP contribution in [0, 0.1) is 3.57 Å². The summed E-state index contributed by atoms with van der Waals surface area (Å²) in [6.07, 6.45) is 1.57. The molecule has 1 amide bonds. The molecular weight excluding hydrogens is 359 g/mol. The normalized spacial score (nSPS) is 10.2. The summed E-state index contributed by atoms with van der Waals surface area (Å²) in [5.74, 6) is -1.31. The number of anilines is 1. The van der Waals surface area contributed by atoms with Crippen molar-refractivity contribution in [3.63, 3.8) is 0 Å². The number of hydrogen-bond acceptors (Lipinski definition) is 2. The molecule has 0 aliphatic carbocycles. The van der Waals surface area contributed by atoms with Crippen molar-refractivity contribution in [3.05, 3.63) is 51.9 Å². The number of amides is 1. The van der Waals surface area contributed by atoms with Crippen LogP contribution >= 0.6 is 22.6 Å². The van der Waals surface area contributed by atoms with E-state index in [1.807, 2.05) is 18.2 Å². The van der Waals surface area contributed by atoms with Gasteiger partial charge in [-0.1, -0.05) is 12.1 Å². The monoisotopic (exact) mass is 370 g/mol.